The van der Waals surface area contributed by atoms with Crippen LogP contribution in [0.5, 0.6) is 11.6 Å². The number of alkyl halides is 3. The zero-order valence-corrected chi connectivity index (χ0v) is 24.9. The van der Waals surface area contributed by atoms with Crippen molar-refractivity contribution in [2.75, 3.05) is 41.0 Å². The van der Waals surface area contributed by atoms with Crippen molar-refractivity contribution >= 4 is 11.6 Å². The van der Waals surface area contributed by atoms with Gasteiger partial charge < -0.3 is 19.5 Å². The van der Waals surface area contributed by atoms with E-state index in [4.69, 9.17) is 9.47 Å². The number of ether oxygens (including phenoxy) is 2. The summed E-state index contributed by atoms with van der Waals surface area (Å²) in [6, 6.07) is 9.29. The van der Waals surface area contributed by atoms with Crippen LogP contribution in [-0.4, -0.2) is 87.4 Å². The summed E-state index contributed by atoms with van der Waals surface area (Å²) in [5, 5.41) is 14.1. The summed E-state index contributed by atoms with van der Waals surface area (Å²) in [7, 11) is 4.79. The molecule has 0 bridgehead atoms. The monoisotopic (exact) mass is 600 g/mol. The first-order chi connectivity index (χ1) is 20.4. The molecule has 43 heavy (non-hydrogen) atoms. The number of fused-ring (bicyclic) bond motifs is 1. The van der Waals surface area contributed by atoms with Crippen LogP contribution >= 0.6 is 0 Å². The van der Waals surface area contributed by atoms with Gasteiger partial charge in [0.25, 0.3) is 5.91 Å². The molecule has 0 aliphatic heterocycles. The summed E-state index contributed by atoms with van der Waals surface area (Å²) in [4.78, 5) is 26.1. The van der Waals surface area contributed by atoms with Crippen molar-refractivity contribution in [2.45, 2.75) is 39.0 Å². The second kappa shape index (κ2) is 13.0. The first-order valence-electron chi connectivity index (χ1n) is 13.6. The molecule has 4 rings (SSSR count). The lowest BCUT2D eigenvalue weighted by atomic mass is 10.0. The highest BCUT2D eigenvalue weighted by Crippen LogP contribution is 2.37. The zero-order valence-electron chi connectivity index (χ0n) is 24.9. The molecule has 1 aromatic carbocycles. The van der Waals surface area contributed by atoms with Gasteiger partial charge in [-0.1, -0.05) is 6.07 Å². The molecule has 1 amide bonds. The van der Waals surface area contributed by atoms with Crippen LogP contribution in [0.25, 0.3) is 16.9 Å². The highest BCUT2D eigenvalue weighted by molar-refractivity contribution is 6.00. The number of methoxy groups -OCH3 is 2. The Labute approximate surface area is 247 Å². The molecule has 0 radical (unpaired) electrons. The number of benzene rings is 1. The van der Waals surface area contributed by atoms with Crippen LogP contribution < -0.4 is 9.47 Å². The highest BCUT2D eigenvalue weighted by atomic mass is 19.4. The minimum atomic E-state index is -4.76. The number of aliphatic hydroxyl groups excluding tert-OH is 1. The number of hydrogen-bond acceptors (Lipinski definition) is 8. The molecule has 10 nitrogen and oxygen atoms in total. The predicted octanol–water partition coefficient (Wildman–Crippen LogP) is 4.65. The number of aliphatic hydroxyl groups is 1. The van der Waals surface area contributed by atoms with Gasteiger partial charge in [-0.3, -0.25) is 9.69 Å². The van der Waals surface area contributed by atoms with Gasteiger partial charge in [0.15, 0.2) is 11.3 Å². The Morgan fingerprint density at radius 1 is 1.09 bits per heavy atom. The van der Waals surface area contributed by atoms with Gasteiger partial charge in [0.2, 0.25) is 5.88 Å². The Bertz CT molecular complexity index is 1570. The molecule has 0 saturated carbocycles. The van der Waals surface area contributed by atoms with Crippen molar-refractivity contribution in [3.63, 3.8) is 0 Å². The van der Waals surface area contributed by atoms with Crippen molar-refractivity contribution in [1.29, 1.82) is 0 Å². The Morgan fingerprint density at radius 2 is 1.79 bits per heavy atom. The number of nitrogens with zero attached hydrogens (tertiary/aromatic N) is 6. The topological polar surface area (TPSA) is 105 Å². The third kappa shape index (κ3) is 6.42. The molecule has 1 atom stereocenters. The second-order valence-electron chi connectivity index (χ2n) is 10.3. The van der Waals surface area contributed by atoms with Gasteiger partial charge in [0.1, 0.15) is 11.3 Å². The molecule has 0 aliphatic carbocycles. The normalized spacial score (nSPS) is 12.7. The number of rotatable bonds is 11. The SMILES string of the molecule is COc1ccc(-c2nc3c(C(=O)N(CCN(C)[C@@H](CO)c4cccnc4OC)C(C)C)cnn3c(C(F)(F)F)c2C)cc1. The molecule has 13 heteroatoms. The van der Waals surface area contributed by atoms with Gasteiger partial charge in [-0.05, 0) is 58.2 Å². The zero-order chi connectivity index (χ0) is 31.5. The number of pyridine rings is 1. The van der Waals surface area contributed by atoms with Crippen LogP contribution in [0.1, 0.15) is 47.1 Å². The molecular weight excluding hydrogens is 565 g/mol. The van der Waals surface area contributed by atoms with E-state index in [1.807, 2.05) is 18.7 Å². The van der Waals surface area contributed by atoms with E-state index in [1.165, 1.54) is 21.1 Å². The molecule has 0 saturated heterocycles. The Morgan fingerprint density at radius 3 is 2.37 bits per heavy atom. The van der Waals surface area contributed by atoms with Gasteiger partial charge in [-0.2, -0.15) is 18.3 Å². The fourth-order valence-corrected chi connectivity index (χ4v) is 5.06. The lowest BCUT2D eigenvalue weighted by Gasteiger charge is -2.32. The predicted molar refractivity (Wildman–Crippen MR) is 154 cm³/mol. The summed E-state index contributed by atoms with van der Waals surface area (Å²) in [6.45, 7) is 5.30. The average Bonchev–Trinajstić information content (AvgIpc) is 3.39. The third-order valence-corrected chi connectivity index (χ3v) is 7.38. The van der Waals surface area contributed by atoms with Crippen molar-refractivity contribution in [3.8, 4) is 22.9 Å². The molecule has 230 valence electrons. The van der Waals surface area contributed by atoms with E-state index in [2.05, 4.69) is 15.1 Å². The van der Waals surface area contributed by atoms with Gasteiger partial charge in [-0.15, -0.1) is 0 Å². The minimum absolute atomic E-state index is 0.0516. The van der Waals surface area contributed by atoms with Crippen LogP contribution in [-0.2, 0) is 6.18 Å². The number of carbonyl (C=O) groups is 1. The fourth-order valence-electron chi connectivity index (χ4n) is 5.06. The number of aromatic nitrogens is 4. The van der Waals surface area contributed by atoms with Crippen LogP contribution in [0.4, 0.5) is 13.2 Å². The van der Waals surface area contributed by atoms with E-state index in [9.17, 15) is 23.1 Å². The van der Waals surface area contributed by atoms with Crippen LogP contribution in [0.3, 0.4) is 0 Å². The maximum absolute atomic E-state index is 14.4. The van der Waals surface area contributed by atoms with E-state index in [0.717, 1.165) is 6.20 Å². The number of halogens is 3. The van der Waals surface area contributed by atoms with E-state index >= 15 is 0 Å². The van der Waals surface area contributed by atoms with Gasteiger partial charge in [0, 0.05) is 42.0 Å². The van der Waals surface area contributed by atoms with Crippen LogP contribution in [0.15, 0.2) is 48.8 Å². The van der Waals surface area contributed by atoms with E-state index in [0.29, 0.717) is 33.8 Å². The first kappa shape index (κ1) is 31.7. The van der Waals surface area contributed by atoms with E-state index in [-0.39, 0.29) is 41.7 Å². The summed E-state index contributed by atoms with van der Waals surface area (Å²) >= 11 is 0. The van der Waals surface area contributed by atoms with E-state index < -0.39 is 23.8 Å². The lowest BCUT2D eigenvalue weighted by Crippen LogP contribution is -2.43. The summed E-state index contributed by atoms with van der Waals surface area (Å²) < 4.78 is 54.3. The smallest absolute Gasteiger partial charge is 0.433 e. The van der Waals surface area contributed by atoms with Crippen LogP contribution in [0.2, 0.25) is 0 Å². The number of amides is 1. The average molecular weight is 601 g/mol. The molecule has 0 aliphatic rings. The first-order valence-corrected chi connectivity index (χ1v) is 13.6. The molecule has 3 heterocycles. The van der Waals surface area contributed by atoms with Gasteiger partial charge in [-0.25, -0.2) is 14.5 Å². The Balaban J connectivity index is 1.70. The van der Waals surface area contributed by atoms with Crippen molar-refractivity contribution < 1.29 is 32.5 Å². The van der Waals surface area contributed by atoms with Crippen LogP contribution in [0, 0.1) is 6.92 Å². The van der Waals surface area contributed by atoms with Gasteiger partial charge in [0.05, 0.1) is 38.8 Å². The molecule has 3 aromatic heterocycles. The lowest BCUT2D eigenvalue weighted by molar-refractivity contribution is -0.143. The van der Waals surface area contributed by atoms with E-state index in [1.54, 1.807) is 54.5 Å². The second-order valence-corrected chi connectivity index (χ2v) is 10.3. The quantitative estimate of drug-likeness (QED) is 0.265. The summed E-state index contributed by atoms with van der Waals surface area (Å²) in [6.07, 6.45) is -2.04. The fraction of sp³-hybridized carbons (Fsp3) is 0.400. The molecule has 0 spiro atoms. The largest absolute Gasteiger partial charge is 0.497 e. The molecule has 0 unspecified atom stereocenters. The number of carbonyl (C=O) groups excluding carboxylic acids is 1. The van der Waals surface area contributed by atoms with Crippen molar-refractivity contribution in [2.24, 2.45) is 0 Å². The van der Waals surface area contributed by atoms with Gasteiger partial charge >= 0.3 is 6.18 Å². The van der Waals surface area contributed by atoms with Crippen molar-refractivity contribution in [3.05, 3.63) is 71.2 Å². The Hall–Kier alpha value is -4.23. The highest BCUT2D eigenvalue weighted by Gasteiger charge is 2.39. The molecule has 4 aromatic rings. The Kier molecular flexibility index (Phi) is 9.55. The minimum Gasteiger partial charge on any atom is -0.497 e. The molecule has 0 fully saturated rings. The maximum Gasteiger partial charge on any atom is 0.433 e. The third-order valence-electron chi connectivity index (χ3n) is 7.38. The van der Waals surface area contributed by atoms with Crippen molar-refractivity contribution in [1.82, 2.24) is 29.4 Å². The standard InChI is InChI=1S/C30H35F3N6O4/c1-18(2)38(15-14-37(4)24(17-40)22-8-7-13-34-28(22)43-6)29(41)23-16-35-39-26(30(31,32)33)19(3)25(36-27(23)39)20-9-11-21(42-5)12-10-20/h7-13,16,18,24,40H,14-15,17H2,1-6H3/t24-/m0/s1. The summed E-state index contributed by atoms with van der Waals surface area (Å²) in [5.41, 5.74) is -0.154. The summed E-state index contributed by atoms with van der Waals surface area (Å²) in [5.74, 6) is 0.413. The number of hydrogen-bond donors (Lipinski definition) is 1. The molecular formula is C30H35F3N6O4. The number of likely N-dealkylation sites (N-methyl/N-ethyl adjacent to an activating group) is 1. The maximum atomic E-state index is 14.4. The molecule has 1 N–H and O–H groups in total.